The Bertz CT molecular complexity index is 576. The van der Waals surface area contributed by atoms with E-state index in [1.54, 1.807) is 11.1 Å². The zero-order valence-corrected chi connectivity index (χ0v) is 15.1. The van der Waals surface area contributed by atoms with Crippen molar-refractivity contribution in [2.45, 2.75) is 64.0 Å². The second kappa shape index (κ2) is 8.45. The van der Waals surface area contributed by atoms with Gasteiger partial charge in [-0.3, -0.25) is 14.6 Å². The Hall–Kier alpha value is -1.91. The first-order chi connectivity index (χ1) is 12.1. The molecule has 0 aromatic carbocycles. The fourth-order valence-corrected chi connectivity index (χ4v) is 4.12. The smallest absolute Gasteiger partial charge is 0.225 e. The molecule has 0 unspecified atom stereocenters. The summed E-state index contributed by atoms with van der Waals surface area (Å²) in [5, 5.41) is 3.22. The quantitative estimate of drug-likeness (QED) is 0.894. The van der Waals surface area contributed by atoms with E-state index < -0.39 is 0 Å². The van der Waals surface area contributed by atoms with E-state index in [9.17, 15) is 9.59 Å². The van der Waals surface area contributed by atoms with Crippen molar-refractivity contribution in [2.75, 3.05) is 7.05 Å². The van der Waals surface area contributed by atoms with Gasteiger partial charge in [-0.1, -0.05) is 18.9 Å². The van der Waals surface area contributed by atoms with Crippen LogP contribution in [0.4, 0.5) is 0 Å². The maximum atomic E-state index is 12.7. The van der Waals surface area contributed by atoms with Crippen molar-refractivity contribution >= 4 is 11.8 Å². The highest BCUT2D eigenvalue weighted by atomic mass is 16.2. The molecule has 2 amide bonds. The van der Waals surface area contributed by atoms with E-state index >= 15 is 0 Å². The van der Waals surface area contributed by atoms with Crippen LogP contribution in [0.2, 0.25) is 0 Å². The number of carbonyl (C=O) groups is 2. The van der Waals surface area contributed by atoms with Crippen LogP contribution in [0.25, 0.3) is 0 Å². The minimum atomic E-state index is 0.0772. The van der Waals surface area contributed by atoms with Crippen LogP contribution in [-0.2, 0) is 16.1 Å². The van der Waals surface area contributed by atoms with E-state index in [0.29, 0.717) is 6.54 Å². The number of pyridine rings is 1. The molecule has 1 aromatic rings. The van der Waals surface area contributed by atoms with Gasteiger partial charge >= 0.3 is 0 Å². The molecule has 25 heavy (non-hydrogen) atoms. The van der Waals surface area contributed by atoms with Crippen molar-refractivity contribution in [1.29, 1.82) is 0 Å². The molecule has 2 fully saturated rings. The van der Waals surface area contributed by atoms with Gasteiger partial charge in [0.1, 0.15) is 0 Å². The lowest BCUT2D eigenvalue weighted by atomic mass is 9.85. The highest BCUT2D eigenvalue weighted by Crippen LogP contribution is 2.28. The van der Waals surface area contributed by atoms with Crippen LogP contribution >= 0.6 is 0 Å². The van der Waals surface area contributed by atoms with Crippen molar-refractivity contribution in [3.63, 3.8) is 0 Å². The minimum Gasteiger partial charge on any atom is -0.353 e. The van der Waals surface area contributed by atoms with Crippen LogP contribution in [0, 0.1) is 11.8 Å². The van der Waals surface area contributed by atoms with Crippen molar-refractivity contribution < 1.29 is 9.59 Å². The van der Waals surface area contributed by atoms with Crippen molar-refractivity contribution in [2.24, 2.45) is 11.8 Å². The molecule has 0 aliphatic heterocycles. The lowest BCUT2D eigenvalue weighted by molar-refractivity contribution is -0.136. The van der Waals surface area contributed by atoms with E-state index in [4.69, 9.17) is 0 Å². The largest absolute Gasteiger partial charge is 0.353 e. The SMILES string of the molecule is CN(Cc1ccccn1)C(=O)C1CCC(NC(=O)C2CCCC2)CC1. The minimum absolute atomic E-state index is 0.0772. The summed E-state index contributed by atoms with van der Waals surface area (Å²) >= 11 is 0. The third kappa shape index (κ3) is 4.80. The van der Waals surface area contributed by atoms with Crippen LogP contribution in [0.3, 0.4) is 0 Å². The van der Waals surface area contributed by atoms with Gasteiger partial charge in [0.2, 0.25) is 11.8 Å². The summed E-state index contributed by atoms with van der Waals surface area (Å²) in [4.78, 5) is 31.0. The molecule has 1 heterocycles. The maximum Gasteiger partial charge on any atom is 0.225 e. The number of hydrogen-bond acceptors (Lipinski definition) is 3. The Morgan fingerprint density at radius 3 is 2.44 bits per heavy atom. The third-order valence-electron chi connectivity index (χ3n) is 5.65. The first-order valence-electron chi connectivity index (χ1n) is 9.58. The monoisotopic (exact) mass is 343 g/mol. The van der Waals surface area contributed by atoms with Gasteiger partial charge in [-0.2, -0.15) is 0 Å². The first kappa shape index (κ1) is 17.9. The summed E-state index contributed by atoms with van der Waals surface area (Å²) in [6.07, 6.45) is 9.74. The molecule has 0 saturated heterocycles. The van der Waals surface area contributed by atoms with E-state index in [0.717, 1.165) is 44.2 Å². The molecule has 5 nitrogen and oxygen atoms in total. The Labute approximate surface area is 150 Å². The van der Waals surface area contributed by atoms with Gasteiger partial charge < -0.3 is 10.2 Å². The van der Waals surface area contributed by atoms with Gasteiger partial charge in [0, 0.05) is 31.1 Å². The molecule has 2 aliphatic carbocycles. The molecule has 0 atom stereocenters. The summed E-state index contributed by atoms with van der Waals surface area (Å²) in [5.41, 5.74) is 0.913. The van der Waals surface area contributed by atoms with Gasteiger partial charge in [-0.15, -0.1) is 0 Å². The van der Waals surface area contributed by atoms with Crippen LogP contribution in [0.15, 0.2) is 24.4 Å². The molecule has 1 aromatic heterocycles. The number of nitrogens with zero attached hydrogens (tertiary/aromatic N) is 2. The Morgan fingerprint density at radius 2 is 1.80 bits per heavy atom. The van der Waals surface area contributed by atoms with E-state index in [2.05, 4.69) is 10.3 Å². The molecule has 1 N–H and O–H groups in total. The second-order valence-electron chi connectivity index (χ2n) is 7.55. The number of hydrogen-bond donors (Lipinski definition) is 1. The van der Waals surface area contributed by atoms with Crippen LogP contribution in [-0.4, -0.2) is 34.8 Å². The summed E-state index contributed by atoms with van der Waals surface area (Å²) in [6, 6.07) is 6.02. The molecule has 3 rings (SSSR count). The normalized spacial score (nSPS) is 24.0. The van der Waals surface area contributed by atoms with Crippen LogP contribution < -0.4 is 5.32 Å². The summed E-state index contributed by atoms with van der Waals surface area (Å²) in [6.45, 7) is 0.554. The fraction of sp³-hybridized carbons (Fsp3) is 0.650. The molecular weight excluding hydrogens is 314 g/mol. The third-order valence-corrected chi connectivity index (χ3v) is 5.65. The highest BCUT2D eigenvalue weighted by Gasteiger charge is 2.30. The molecule has 5 heteroatoms. The lowest BCUT2D eigenvalue weighted by Gasteiger charge is -2.31. The second-order valence-corrected chi connectivity index (χ2v) is 7.55. The van der Waals surface area contributed by atoms with Crippen molar-refractivity contribution in [1.82, 2.24) is 15.2 Å². The van der Waals surface area contributed by atoms with E-state index in [1.807, 2.05) is 25.2 Å². The number of nitrogens with one attached hydrogen (secondary N) is 1. The van der Waals surface area contributed by atoms with Crippen LogP contribution in [0.5, 0.6) is 0 Å². The lowest BCUT2D eigenvalue weighted by Crippen LogP contribution is -2.42. The van der Waals surface area contributed by atoms with Crippen molar-refractivity contribution in [3.8, 4) is 0 Å². The molecule has 0 bridgehead atoms. The number of aromatic nitrogens is 1. The molecular formula is C20H29N3O2. The number of carbonyl (C=O) groups excluding carboxylic acids is 2. The summed E-state index contributed by atoms with van der Waals surface area (Å²) in [5.74, 6) is 0.739. The fourth-order valence-electron chi connectivity index (χ4n) is 4.12. The summed E-state index contributed by atoms with van der Waals surface area (Å²) in [7, 11) is 1.85. The van der Waals surface area contributed by atoms with Gasteiger partial charge in [-0.25, -0.2) is 0 Å². The average molecular weight is 343 g/mol. The van der Waals surface area contributed by atoms with E-state index in [1.165, 1.54) is 12.8 Å². The first-order valence-corrected chi connectivity index (χ1v) is 9.58. The highest BCUT2D eigenvalue weighted by molar-refractivity contribution is 5.80. The molecule has 2 saturated carbocycles. The number of amides is 2. The molecule has 0 spiro atoms. The maximum absolute atomic E-state index is 12.7. The number of rotatable bonds is 5. The Balaban J connectivity index is 1.43. The molecule has 0 radical (unpaired) electrons. The van der Waals surface area contributed by atoms with Crippen LogP contribution in [0.1, 0.15) is 57.1 Å². The van der Waals surface area contributed by atoms with Gasteiger partial charge in [0.05, 0.1) is 12.2 Å². The Kier molecular flexibility index (Phi) is 6.05. The van der Waals surface area contributed by atoms with Gasteiger partial charge in [0.25, 0.3) is 0 Å². The topological polar surface area (TPSA) is 62.3 Å². The molecule has 136 valence electrons. The van der Waals surface area contributed by atoms with E-state index in [-0.39, 0.29) is 29.7 Å². The summed E-state index contributed by atoms with van der Waals surface area (Å²) < 4.78 is 0. The predicted molar refractivity (Wildman–Crippen MR) is 96.6 cm³/mol. The van der Waals surface area contributed by atoms with Gasteiger partial charge in [-0.05, 0) is 50.7 Å². The molecule has 2 aliphatic rings. The predicted octanol–water partition coefficient (Wildman–Crippen LogP) is 2.91. The average Bonchev–Trinajstić information content (AvgIpc) is 3.17. The van der Waals surface area contributed by atoms with Gasteiger partial charge in [0.15, 0.2) is 0 Å². The zero-order valence-electron chi connectivity index (χ0n) is 15.1. The Morgan fingerprint density at radius 1 is 1.08 bits per heavy atom. The zero-order chi connectivity index (χ0) is 17.6. The standard InChI is InChI=1S/C20H29N3O2/c1-23(14-18-8-4-5-13-21-18)20(25)16-9-11-17(12-10-16)22-19(24)15-6-2-3-7-15/h4-5,8,13,15-17H,2-3,6-7,9-12,14H2,1H3,(H,22,24). The van der Waals surface area contributed by atoms with Crippen molar-refractivity contribution in [3.05, 3.63) is 30.1 Å².